The minimum absolute atomic E-state index is 0.141. The number of rotatable bonds is 4. The van der Waals surface area contributed by atoms with E-state index in [1.165, 1.54) is 18.0 Å². The molecule has 8 nitrogen and oxygen atoms in total. The van der Waals surface area contributed by atoms with Crippen LogP contribution in [0.15, 0.2) is 59.2 Å². The van der Waals surface area contributed by atoms with E-state index in [1.54, 1.807) is 12.4 Å². The van der Waals surface area contributed by atoms with Crippen LogP contribution in [0.3, 0.4) is 0 Å². The quantitative estimate of drug-likeness (QED) is 0.686. The van der Waals surface area contributed by atoms with E-state index in [0.717, 1.165) is 17.5 Å². The molecule has 1 aliphatic rings. The summed E-state index contributed by atoms with van der Waals surface area (Å²) in [6.07, 6.45) is 9.32. The standard InChI is InChI=1S/C22H23N5O3/c1-15-10-23-21(24-11-15)30-20-5-3-4-17(9-20)8-18-6-7-27(13-16(18)2)22(28)26-19-12-25-29-14-19/h3-5,8-12,14,16H,6-7,13H2,1-2H3,(H,26,28). The number of nitrogens with zero attached hydrogens (tertiary/aromatic N) is 4. The fourth-order valence-electron chi connectivity index (χ4n) is 3.34. The van der Waals surface area contributed by atoms with Gasteiger partial charge < -0.3 is 19.5 Å². The van der Waals surface area contributed by atoms with Crippen molar-refractivity contribution in [3.8, 4) is 11.8 Å². The number of amides is 2. The Morgan fingerprint density at radius 3 is 2.87 bits per heavy atom. The monoisotopic (exact) mass is 405 g/mol. The SMILES string of the molecule is Cc1cnc(Oc2cccc(C=C3CCN(C(=O)Nc4cnoc4)CC3C)c2)nc1. The zero-order valence-electron chi connectivity index (χ0n) is 16.9. The first-order valence-corrected chi connectivity index (χ1v) is 9.79. The number of aryl methyl sites for hydroxylation is 1. The lowest BCUT2D eigenvalue weighted by atomic mass is 9.91. The van der Waals surface area contributed by atoms with Crippen molar-refractivity contribution in [2.45, 2.75) is 20.3 Å². The predicted molar refractivity (Wildman–Crippen MR) is 112 cm³/mol. The summed E-state index contributed by atoms with van der Waals surface area (Å²) in [6, 6.07) is 8.01. The first kappa shape index (κ1) is 19.6. The lowest BCUT2D eigenvalue weighted by Gasteiger charge is -2.33. The summed E-state index contributed by atoms with van der Waals surface area (Å²) in [6.45, 7) is 5.36. The third-order valence-corrected chi connectivity index (χ3v) is 4.94. The van der Waals surface area contributed by atoms with Crippen LogP contribution < -0.4 is 10.1 Å². The van der Waals surface area contributed by atoms with Gasteiger partial charge in [0.05, 0.1) is 6.20 Å². The third-order valence-electron chi connectivity index (χ3n) is 4.94. The van der Waals surface area contributed by atoms with Crippen LogP contribution >= 0.6 is 0 Å². The molecule has 1 fully saturated rings. The van der Waals surface area contributed by atoms with Gasteiger partial charge in [0.2, 0.25) is 0 Å². The number of hydrogen-bond acceptors (Lipinski definition) is 6. The van der Waals surface area contributed by atoms with Crippen molar-refractivity contribution < 1.29 is 14.1 Å². The number of nitrogens with one attached hydrogen (secondary N) is 1. The first-order valence-electron chi connectivity index (χ1n) is 9.79. The second-order valence-electron chi connectivity index (χ2n) is 7.38. The fourth-order valence-corrected chi connectivity index (χ4v) is 3.34. The van der Waals surface area contributed by atoms with Gasteiger partial charge in [-0.05, 0) is 42.5 Å². The van der Waals surface area contributed by atoms with Crippen molar-refractivity contribution in [2.24, 2.45) is 5.92 Å². The molecular formula is C22H23N5O3. The number of benzene rings is 1. The molecule has 1 atom stereocenters. The molecule has 1 N–H and O–H groups in total. The predicted octanol–water partition coefficient (Wildman–Crippen LogP) is 4.52. The fraction of sp³-hybridized carbons (Fsp3) is 0.273. The van der Waals surface area contributed by atoms with E-state index < -0.39 is 0 Å². The molecule has 3 heterocycles. The van der Waals surface area contributed by atoms with Gasteiger partial charge in [0, 0.05) is 25.5 Å². The Bertz CT molecular complexity index is 1030. The molecule has 0 radical (unpaired) electrons. The molecule has 1 aliphatic heterocycles. The summed E-state index contributed by atoms with van der Waals surface area (Å²) >= 11 is 0. The number of carbonyl (C=O) groups is 1. The number of urea groups is 1. The van der Waals surface area contributed by atoms with Crippen LogP contribution in [0.25, 0.3) is 6.08 Å². The zero-order chi connectivity index (χ0) is 20.9. The number of hydrogen-bond donors (Lipinski definition) is 1. The minimum Gasteiger partial charge on any atom is -0.424 e. The molecule has 1 saturated heterocycles. The molecule has 0 aliphatic carbocycles. The number of aromatic nitrogens is 3. The van der Waals surface area contributed by atoms with Crippen LogP contribution in [-0.4, -0.2) is 39.1 Å². The molecule has 0 bridgehead atoms. The Kier molecular flexibility index (Phi) is 5.74. The molecule has 0 spiro atoms. The lowest BCUT2D eigenvalue weighted by Crippen LogP contribution is -2.42. The molecule has 154 valence electrons. The largest absolute Gasteiger partial charge is 0.424 e. The summed E-state index contributed by atoms with van der Waals surface area (Å²) in [5.41, 5.74) is 3.89. The van der Waals surface area contributed by atoms with Crippen LogP contribution in [-0.2, 0) is 0 Å². The molecule has 3 aromatic rings. The van der Waals surface area contributed by atoms with Crippen LogP contribution in [0.2, 0.25) is 0 Å². The number of carbonyl (C=O) groups excluding carboxylic acids is 1. The van der Waals surface area contributed by atoms with E-state index in [2.05, 4.69) is 33.4 Å². The van der Waals surface area contributed by atoms with E-state index in [9.17, 15) is 4.79 Å². The molecule has 1 unspecified atom stereocenters. The van der Waals surface area contributed by atoms with Gasteiger partial charge in [-0.1, -0.05) is 35.9 Å². The topological polar surface area (TPSA) is 93.4 Å². The minimum atomic E-state index is -0.141. The number of piperidine rings is 1. The molecule has 30 heavy (non-hydrogen) atoms. The van der Waals surface area contributed by atoms with Gasteiger partial charge in [-0.3, -0.25) is 0 Å². The second-order valence-corrected chi connectivity index (χ2v) is 7.38. The smallest absolute Gasteiger partial charge is 0.322 e. The van der Waals surface area contributed by atoms with Crippen molar-refractivity contribution in [3.05, 3.63) is 65.8 Å². The first-order chi connectivity index (χ1) is 14.6. The van der Waals surface area contributed by atoms with Crippen LogP contribution in [0.5, 0.6) is 11.8 Å². The third kappa shape index (κ3) is 4.83. The van der Waals surface area contributed by atoms with E-state index >= 15 is 0 Å². The Labute approximate surface area is 174 Å². The van der Waals surface area contributed by atoms with Crippen molar-refractivity contribution in [2.75, 3.05) is 18.4 Å². The van der Waals surface area contributed by atoms with Crippen molar-refractivity contribution in [1.82, 2.24) is 20.0 Å². The second kappa shape index (κ2) is 8.77. The molecule has 2 aromatic heterocycles. The average Bonchev–Trinajstić information content (AvgIpc) is 3.24. The molecule has 8 heteroatoms. The van der Waals surface area contributed by atoms with Crippen LogP contribution in [0.4, 0.5) is 10.5 Å². The van der Waals surface area contributed by atoms with Gasteiger partial charge in [-0.25, -0.2) is 14.8 Å². The maximum Gasteiger partial charge on any atom is 0.322 e. The number of likely N-dealkylation sites (tertiary alicyclic amines) is 1. The van der Waals surface area contributed by atoms with Crippen LogP contribution in [0, 0.1) is 12.8 Å². The van der Waals surface area contributed by atoms with Crippen molar-refractivity contribution in [3.63, 3.8) is 0 Å². The summed E-state index contributed by atoms with van der Waals surface area (Å²) in [5.74, 6) is 0.934. The van der Waals surface area contributed by atoms with E-state index in [-0.39, 0.29) is 11.9 Å². The highest BCUT2D eigenvalue weighted by Gasteiger charge is 2.24. The van der Waals surface area contributed by atoms with Gasteiger partial charge in [0.1, 0.15) is 17.7 Å². The normalized spacial score (nSPS) is 17.7. The van der Waals surface area contributed by atoms with Crippen LogP contribution in [0.1, 0.15) is 24.5 Å². The Hall–Kier alpha value is -3.68. The molecule has 4 rings (SSSR count). The van der Waals surface area contributed by atoms with Gasteiger partial charge in [0.25, 0.3) is 0 Å². The molecule has 0 saturated carbocycles. The highest BCUT2D eigenvalue weighted by Crippen LogP contribution is 2.27. The summed E-state index contributed by atoms with van der Waals surface area (Å²) < 4.78 is 10.5. The summed E-state index contributed by atoms with van der Waals surface area (Å²) in [5, 5.41) is 6.39. The Morgan fingerprint density at radius 2 is 2.13 bits per heavy atom. The zero-order valence-corrected chi connectivity index (χ0v) is 16.9. The van der Waals surface area contributed by atoms with E-state index in [4.69, 9.17) is 9.26 Å². The molecular weight excluding hydrogens is 382 g/mol. The maximum atomic E-state index is 12.4. The average molecular weight is 405 g/mol. The van der Waals surface area contributed by atoms with Crippen molar-refractivity contribution >= 4 is 17.8 Å². The maximum absolute atomic E-state index is 12.4. The summed E-state index contributed by atoms with van der Waals surface area (Å²) in [4.78, 5) is 22.6. The van der Waals surface area contributed by atoms with E-state index in [1.807, 2.05) is 36.1 Å². The van der Waals surface area contributed by atoms with Gasteiger partial charge in [0.15, 0.2) is 0 Å². The number of anilines is 1. The van der Waals surface area contributed by atoms with Crippen molar-refractivity contribution in [1.29, 1.82) is 0 Å². The molecule has 1 aromatic carbocycles. The molecule has 2 amide bonds. The Balaban J connectivity index is 1.40. The van der Waals surface area contributed by atoms with Gasteiger partial charge >= 0.3 is 12.0 Å². The highest BCUT2D eigenvalue weighted by atomic mass is 16.5. The van der Waals surface area contributed by atoms with Gasteiger partial charge in [-0.15, -0.1) is 0 Å². The summed E-state index contributed by atoms with van der Waals surface area (Å²) in [7, 11) is 0. The highest BCUT2D eigenvalue weighted by molar-refractivity contribution is 5.89. The lowest BCUT2D eigenvalue weighted by molar-refractivity contribution is 0.198. The number of ether oxygens (including phenoxy) is 1. The Morgan fingerprint density at radius 1 is 1.30 bits per heavy atom. The van der Waals surface area contributed by atoms with Gasteiger partial charge in [-0.2, -0.15) is 0 Å². The van der Waals surface area contributed by atoms with E-state index in [0.29, 0.717) is 30.5 Å².